The van der Waals surface area contributed by atoms with Gasteiger partial charge < -0.3 is 60.7 Å². The molecule has 0 aromatic rings. The third-order valence-corrected chi connectivity index (χ3v) is 15.1. The maximum absolute atomic E-state index is 15.0. The van der Waals surface area contributed by atoms with E-state index in [0.717, 1.165) is 19.6 Å². The Morgan fingerprint density at radius 2 is 0.962 bits per heavy atom. The fraction of sp³-hybridized carbons (Fsp3) is 0.768. The standard InChI is InChI=1S/C56H99N11O12/c1-23-25-26-34(11)46(69)45-50(73)59-39(24-2)52(75)61(16)29-42(68)62(17)37(14)49(72)60-43(32(7)8)55(78)63(18)38(15)48(71)57-35(12)47(70)58-36(13)51(74)64(19)40(27-30(3)4)53(76)65(20)41(28-31(5)6)54(77)66(21)44(33(9)10)56(79)67(45)22/h23,25,30-41,43-46,69H,24,26-29H2,1-22H3,(H,57,71)(H,58,70)(H,59,73)(H,60,72)/b25-23+/t34-,35+,36-,37+,38+,39+,40+,41-,43+,44+,45+,46-/m1/s1. The molecule has 0 radical (unpaired) electrons. The molecule has 1 saturated heterocycles. The summed E-state index contributed by atoms with van der Waals surface area (Å²) in [5.74, 6) is -9.63. The van der Waals surface area contributed by atoms with Crippen LogP contribution < -0.4 is 21.3 Å². The van der Waals surface area contributed by atoms with E-state index in [0.29, 0.717) is 6.42 Å². The van der Waals surface area contributed by atoms with Crippen LogP contribution in [0, 0.1) is 29.6 Å². The lowest BCUT2D eigenvalue weighted by atomic mass is 9.91. The second-order valence-corrected chi connectivity index (χ2v) is 23.2. The van der Waals surface area contributed by atoms with E-state index < -0.39 is 156 Å². The number of amides is 11. The normalized spacial score (nSPS) is 27.9. The van der Waals surface area contributed by atoms with Crippen molar-refractivity contribution < 1.29 is 57.8 Å². The van der Waals surface area contributed by atoms with E-state index in [4.69, 9.17) is 0 Å². The molecule has 0 saturated carbocycles. The molecule has 11 amide bonds. The van der Waals surface area contributed by atoms with Gasteiger partial charge in [0.2, 0.25) is 65.0 Å². The van der Waals surface area contributed by atoms with Crippen LogP contribution in [0.15, 0.2) is 12.2 Å². The number of rotatable bonds is 11. The summed E-state index contributed by atoms with van der Waals surface area (Å²) in [7, 11) is 9.71. The van der Waals surface area contributed by atoms with Crippen LogP contribution in [-0.4, -0.2) is 227 Å². The Bertz CT molecular complexity index is 2190. The highest BCUT2D eigenvalue weighted by Gasteiger charge is 2.45. The van der Waals surface area contributed by atoms with Crippen LogP contribution >= 0.6 is 0 Å². The number of nitrogens with one attached hydrogen (secondary N) is 4. The third-order valence-electron chi connectivity index (χ3n) is 15.1. The molecule has 450 valence electrons. The van der Waals surface area contributed by atoms with Crippen molar-refractivity contribution >= 4 is 65.0 Å². The topological polar surface area (TPSA) is 279 Å². The highest BCUT2D eigenvalue weighted by molar-refractivity contribution is 5.99. The van der Waals surface area contributed by atoms with Crippen molar-refractivity contribution in [3.8, 4) is 0 Å². The molecule has 5 N–H and O–H groups in total. The summed E-state index contributed by atoms with van der Waals surface area (Å²) < 4.78 is 0. The molecule has 0 aromatic carbocycles. The number of likely N-dealkylation sites (N-methyl/N-ethyl adjacent to an activating group) is 7. The van der Waals surface area contributed by atoms with Crippen LogP contribution in [0.3, 0.4) is 0 Å². The zero-order valence-corrected chi connectivity index (χ0v) is 51.5. The van der Waals surface area contributed by atoms with Gasteiger partial charge in [0, 0.05) is 49.3 Å². The van der Waals surface area contributed by atoms with Gasteiger partial charge in [-0.25, -0.2) is 0 Å². The monoisotopic (exact) mass is 1120 g/mol. The Kier molecular flexibility index (Phi) is 28.4. The lowest BCUT2D eigenvalue weighted by Crippen LogP contribution is -2.63. The number of allylic oxidation sites excluding steroid dienone is 2. The van der Waals surface area contributed by atoms with Crippen molar-refractivity contribution in [2.24, 2.45) is 29.6 Å². The minimum atomic E-state index is -1.60. The first-order chi connectivity index (χ1) is 36.4. The number of carbonyl (C=O) groups is 11. The van der Waals surface area contributed by atoms with Crippen LogP contribution in [0.4, 0.5) is 0 Å². The van der Waals surface area contributed by atoms with Gasteiger partial charge in [-0.2, -0.15) is 0 Å². The van der Waals surface area contributed by atoms with Gasteiger partial charge in [-0.3, -0.25) is 52.7 Å². The van der Waals surface area contributed by atoms with Crippen molar-refractivity contribution in [2.45, 2.75) is 196 Å². The molecule has 1 fully saturated rings. The summed E-state index contributed by atoms with van der Waals surface area (Å²) in [5.41, 5.74) is 0. The first-order valence-electron chi connectivity index (χ1n) is 27.8. The first kappa shape index (κ1) is 70.9. The largest absolute Gasteiger partial charge is 0.390 e. The molecule has 0 unspecified atom stereocenters. The summed E-state index contributed by atoms with van der Waals surface area (Å²) in [6.45, 7) is 24.5. The molecule has 0 aliphatic carbocycles. The van der Waals surface area contributed by atoms with E-state index in [-0.39, 0.29) is 31.1 Å². The molecular formula is C56H99N11O12. The fourth-order valence-electron chi connectivity index (χ4n) is 9.39. The summed E-state index contributed by atoms with van der Waals surface area (Å²) in [6.07, 6.45) is 2.72. The van der Waals surface area contributed by atoms with Crippen molar-refractivity contribution in [1.29, 1.82) is 0 Å². The Balaban J connectivity index is 4.15. The van der Waals surface area contributed by atoms with E-state index >= 15 is 9.59 Å². The van der Waals surface area contributed by atoms with Crippen molar-refractivity contribution in [1.82, 2.24) is 55.6 Å². The Hall–Kier alpha value is -6.13. The molecular weight excluding hydrogens is 1020 g/mol. The van der Waals surface area contributed by atoms with Gasteiger partial charge in [-0.05, 0) is 89.9 Å². The van der Waals surface area contributed by atoms with E-state index in [9.17, 15) is 48.3 Å². The zero-order chi connectivity index (χ0) is 61.4. The van der Waals surface area contributed by atoms with Gasteiger partial charge in [-0.15, -0.1) is 0 Å². The lowest BCUT2D eigenvalue weighted by Gasteiger charge is -2.41. The maximum Gasteiger partial charge on any atom is 0.246 e. The van der Waals surface area contributed by atoms with Crippen molar-refractivity contribution in [3.63, 3.8) is 0 Å². The predicted molar refractivity (Wildman–Crippen MR) is 301 cm³/mol. The number of nitrogens with zero attached hydrogens (tertiary/aromatic N) is 7. The molecule has 1 aliphatic rings. The van der Waals surface area contributed by atoms with Gasteiger partial charge >= 0.3 is 0 Å². The van der Waals surface area contributed by atoms with Crippen LogP contribution in [0.5, 0.6) is 0 Å². The van der Waals surface area contributed by atoms with Gasteiger partial charge in [0.05, 0.1) is 12.6 Å². The summed E-state index contributed by atoms with van der Waals surface area (Å²) >= 11 is 0. The second kappa shape index (κ2) is 31.6. The number of aliphatic hydroxyl groups excluding tert-OH is 1. The minimum Gasteiger partial charge on any atom is -0.390 e. The molecule has 23 heteroatoms. The first-order valence-corrected chi connectivity index (χ1v) is 27.8. The molecule has 12 atom stereocenters. The number of hydrogen-bond donors (Lipinski definition) is 5. The maximum atomic E-state index is 15.0. The quantitative estimate of drug-likeness (QED) is 0.183. The van der Waals surface area contributed by atoms with Crippen molar-refractivity contribution in [3.05, 3.63) is 12.2 Å². The average Bonchev–Trinajstić information content (AvgIpc) is 3.38. The number of aliphatic hydroxyl groups is 1. The fourth-order valence-corrected chi connectivity index (χ4v) is 9.39. The number of carbonyl (C=O) groups excluding carboxylic acids is 11. The molecule has 1 rings (SSSR count). The highest BCUT2D eigenvalue weighted by atomic mass is 16.3. The van der Waals surface area contributed by atoms with Crippen LogP contribution in [0.1, 0.15) is 130 Å². The molecule has 23 nitrogen and oxygen atoms in total. The van der Waals surface area contributed by atoms with E-state index in [1.54, 1.807) is 60.6 Å². The van der Waals surface area contributed by atoms with Crippen molar-refractivity contribution in [2.75, 3.05) is 55.9 Å². The van der Waals surface area contributed by atoms with E-state index in [1.165, 1.54) is 91.7 Å². The van der Waals surface area contributed by atoms with E-state index in [2.05, 4.69) is 21.3 Å². The molecule has 0 bridgehead atoms. The smallest absolute Gasteiger partial charge is 0.246 e. The Morgan fingerprint density at radius 1 is 0.506 bits per heavy atom. The van der Waals surface area contributed by atoms with Crippen LogP contribution in [0.2, 0.25) is 0 Å². The van der Waals surface area contributed by atoms with Crippen LogP contribution in [0.25, 0.3) is 0 Å². The zero-order valence-electron chi connectivity index (χ0n) is 51.5. The lowest BCUT2D eigenvalue weighted by molar-refractivity contribution is -0.157. The summed E-state index contributed by atoms with van der Waals surface area (Å²) in [6, 6.07) is -12.3. The second-order valence-electron chi connectivity index (χ2n) is 23.2. The average molecular weight is 1120 g/mol. The van der Waals surface area contributed by atoms with Gasteiger partial charge in [-0.1, -0.05) is 81.4 Å². The highest BCUT2D eigenvalue weighted by Crippen LogP contribution is 2.25. The van der Waals surface area contributed by atoms with E-state index in [1.807, 2.05) is 27.7 Å². The summed E-state index contributed by atoms with van der Waals surface area (Å²) in [4.78, 5) is 165. The minimum absolute atomic E-state index is 0.0239. The Labute approximate surface area is 470 Å². The van der Waals surface area contributed by atoms with Gasteiger partial charge in [0.15, 0.2) is 0 Å². The van der Waals surface area contributed by atoms with Crippen LogP contribution in [-0.2, 0) is 52.7 Å². The number of hydrogen-bond acceptors (Lipinski definition) is 12. The SMILES string of the molecule is C/C=C/C[C@@H](C)[C@@H](O)[C@H]1C(=O)N[C@@H](CC)C(=O)N(C)CC(=O)N(C)[C@@H](C)C(=O)N[C@@H](C(C)C)C(=O)N(C)[C@@H](C)C(=O)N[C@@H](C)C(=O)N[C@H](C)C(=O)N(C)[C@@H](CC(C)C)C(=O)N(C)[C@H](CC(C)C)C(=O)N(C)[C@@H](C(C)C)C(=O)N1C. The molecule has 0 spiro atoms. The summed E-state index contributed by atoms with van der Waals surface area (Å²) in [5, 5.41) is 22.6. The molecule has 1 aliphatic heterocycles. The van der Waals surface area contributed by atoms with Gasteiger partial charge in [0.1, 0.15) is 60.4 Å². The molecule has 79 heavy (non-hydrogen) atoms. The van der Waals surface area contributed by atoms with Gasteiger partial charge in [0.25, 0.3) is 0 Å². The Morgan fingerprint density at radius 3 is 1.43 bits per heavy atom. The third kappa shape index (κ3) is 19.0. The molecule has 0 aromatic heterocycles. The predicted octanol–water partition coefficient (Wildman–Crippen LogP) is 1.22. The molecule has 1 heterocycles.